The third-order valence-corrected chi connectivity index (χ3v) is 5.55. The Morgan fingerprint density at radius 1 is 1.21 bits per heavy atom. The summed E-state index contributed by atoms with van der Waals surface area (Å²) in [4.78, 5) is 17.5. The van der Waals surface area contributed by atoms with E-state index in [4.69, 9.17) is 0 Å². The van der Waals surface area contributed by atoms with Crippen LogP contribution in [0.4, 0.5) is 13.2 Å². The van der Waals surface area contributed by atoms with Crippen molar-refractivity contribution in [1.29, 1.82) is 0 Å². The van der Waals surface area contributed by atoms with Gasteiger partial charge in [-0.2, -0.15) is 0 Å². The third kappa shape index (κ3) is 5.78. The van der Waals surface area contributed by atoms with Gasteiger partial charge in [-0.05, 0) is 29.1 Å². The third-order valence-electron chi connectivity index (χ3n) is 3.62. The van der Waals surface area contributed by atoms with Crippen LogP contribution in [0.5, 0.6) is 5.75 Å². The number of aromatic nitrogens is 1. The van der Waals surface area contributed by atoms with E-state index >= 15 is 0 Å². The number of thiophene rings is 1. The van der Waals surface area contributed by atoms with Crippen molar-refractivity contribution < 1.29 is 27.8 Å². The molecule has 0 radical (unpaired) electrons. The minimum Gasteiger partial charge on any atom is -0.406 e. The molecule has 3 aromatic rings. The fraction of sp³-hybridized carbons (Fsp3) is 0.222. The zero-order chi connectivity index (χ0) is 20.1. The molecule has 148 valence electrons. The molecule has 1 amide bonds. The molecule has 0 aliphatic rings. The van der Waals surface area contributed by atoms with Crippen molar-refractivity contribution in [3.63, 3.8) is 0 Å². The monoisotopic (exact) mass is 428 g/mol. The average molecular weight is 428 g/mol. The first-order valence-electron chi connectivity index (χ1n) is 8.09. The number of aliphatic hydroxyl groups is 1. The van der Waals surface area contributed by atoms with E-state index in [1.807, 2.05) is 22.9 Å². The van der Waals surface area contributed by atoms with Crippen LogP contribution in [0, 0.1) is 0 Å². The van der Waals surface area contributed by atoms with Crippen LogP contribution in [0.3, 0.4) is 0 Å². The molecule has 0 saturated carbocycles. The number of hydrogen-bond donors (Lipinski definition) is 2. The standard InChI is InChI=1S/C18H15F3N2O3S2/c19-18(20,21)26-13-5-3-11(4-6-13)14(24)9-22-16(25)8-12-10-28-17(23-12)15-2-1-7-27-15/h1-7,10,14,24H,8-9H2,(H,22,25). The maximum absolute atomic E-state index is 12.1. The topological polar surface area (TPSA) is 71.5 Å². The van der Waals surface area contributed by atoms with Crippen molar-refractivity contribution in [2.24, 2.45) is 0 Å². The van der Waals surface area contributed by atoms with Gasteiger partial charge in [0.2, 0.25) is 5.91 Å². The van der Waals surface area contributed by atoms with E-state index in [1.165, 1.54) is 23.5 Å². The van der Waals surface area contributed by atoms with Crippen LogP contribution >= 0.6 is 22.7 Å². The number of benzene rings is 1. The number of thiazole rings is 1. The van der Waals surface area contributed by atoms with E-state index in [9.17, 15) is 23.1 Å². The van der Waals surface area contributed by atoms with Gasteiger partial charge >= 0.3 is 6.36 Å². The van der Waals surface area contributed by atoms with Crippen molar-refractivity contribution in [2.45, 2.75) is 18.9 Å². The molecule has 5 nitrogen and oxygen atoms in total. The van der Waals surface area contributed by atoms with Gasteiger partial charge in [0.1, 0.15) is 10.8 Å². The summed E-state index contributed by atoms with van der Waals surface area (Å²) in [6, 6.07) is 8.72. The molecule has 3 rings (SSSR count). The summed E-state index contributed by atoms with van der Waals surface area (Å²) in [6.07, 6.45) is -5.75. The van der Waals surface area contributed by atoms with Crippen LogP contribution in [0.2, 0.25) is 0 Å². The normalized spacial score (nSPS) is 12.6. The molecular weight excluding hydrogens is 413 g/mol. The number of ether oxygens (including phenoxy) is 1. The van der Waals surface area contributed by atoms with Gasteiger partial charge in [-0.25, -0.2) is 4.98 Å². The van der Waals surface area contributed by atoms with Crippen LogP contribution in [0.25, 0.3) is 9.88 Å². The molecule has 1 unspecified atom stereocenters. The average Bonchev–Trinajstić information content (AvgIpc) is 3.30. The number of aliphatic hydroxyl groups excluding tert-OH is 1. The summed E-state index contributed by atoms with van der Waals surface area (Å²) in [5, 5.41) is 17.3. The predicted octanol–water partition coefficient (Wildman–Crippen LogP) is 4.16. The molecule has 0 aliphatic heterocycles. The lowest BCUT2D eigenvalue weighted by molar-refractivity contribution is -0.274. The molecule has 10 heteroatoms. The zero-order valence-electron chi connectivity index (χ0n) is 14.3. The van der Waals surface area contributed by atoms with Crippen molar-refractivity contribution >= 4 is 28.6 Å². The van der Waals surface area contributed by atoms with Crippen molar-refractivity contribution in [3.8, 4) is 15.6 Å². The lowest BCUT2D eigenvalue weighted by Crippen LogP contribution is -2.29. The quantitative estimate of drug-likeness (QED) is 0.593. The Balaban J connectivity index is 1.49. The van der Waals surface area contributed by atoms with Gasteiger partial charge in [-0.3, -0.25) is 4.79 Å². The molecule has 2 heterocycles. The lowest BCUT2D eigenvalue weighted by atomic mass is 10.1. The number of hydrogen-bond acceptors (Lipinski definition) is 6. The van der Waals surface area contributed by atoms with E-state index in [0.717, 1.165) is 22.0 Å². The van der Waals surface area contributed by atoms with E-state index in [1.54, 1.807) is 11.3 Å². The van der Waals surface area contributed by atoms with Gasteiger partial charge in [0.05, 0.1) is 23.1 Å². The number of nitrogens with zero attached hydrogens (tertiary/aromatic N) is 1. The number of rotatable bonds is 7. The fourth-order valence-corrected chi connectivity index (χ4v) is 3.98. The van der Waals surface area contributed by atoms with Gasteiger partial charge in [-0.15, -0.1) is 35.8 Å². The van der Waals surface area contributed by atoms with Gasteiger partial charge in [-0.1, -0.05) is 18.2 Å². The van der Waals surface area contributed by atoms with E-state index in [-0.39, 0.29) is 24.6 Å². The maximum atomic E-state index is 12.1. The van der Waals surface area contributed by atoms with Crippen molar-refractivity contribution in [3.05, 3.63) is 58.4 Å². The minimum atomic E-state index is -4.77. The first kappa shape index (κ1) is 20.3. The van der Waals surface area contributed by atoms with E-state index in [2.05, 4.69) is 15.0 Å². The van der Waals surface area contributed by atoms with Crippen molar-refractivity contribution in [1.82, 2.24) is 10.3 Å². The Hall–Kier alpha value is -2.43. The smallest absolute Gasteiger partial charge is 0.406 e. The highest BCUT2D eigenvalue weighted by Gasteiger charge is 2.31. The predicted molar refractivity (Wildman–Crippen MR) is 100 cm³/mol. The highest BCUT2D eigenvalue weighted by molar-refractivity contribution is 7.20. The van der Waals surface area contributed by atoms with Crippen LogP contribution in [-0.4, -0.2) is 28.9 Å². The maximum Gasteiger partial charge on any atom is 0.573 e. The Bertz CT molecular complexity index is 909. The Kier molecular flexibility index (Phi) is 6.32. The lowest BCUT2D eigenvalue weighted by Gasteiger charge is -2.13. The summed E-state index contributed by atoms with van der Waals surface area (Å²) in [5.41, 5.74) is 0.998. The molecule has 2 aromatic heterocycles. The van der Waals surface area contributed by atoms with Gasteiger partial charge in [0, 0.05) is 11.9 Å². The SMILES string of the molecule is O=C(Cc1csc(-c2cccs2)n1)NCC(O)c1ccc(OC(F)(F)F)cc1. The van der Waals surface area contributed by atoms with E-state index in [0.29, 0.717) is 11.3 Å². The summed E-state index contributed by atoms with van der Waals surface area (Å²) < 4.78 is 40.2. The molecule has 0 bridgehead atoms. The second-order valence-electron chi connectivity index (χ2n) is 5.73. The first-order chi connectivity index (χ1) is 13.3. The molecule has 28 heavy (non-hydrogen) atoms. The molecule has 1 atom stereocenters. The molecule has 2 N–H and O–H groups in total. The van der Waals surface area contributed by atoms with Gasteiger partial charge in [0.25, 0.3) is 0 Å². The van der Waals surface area contributed by atoms with Gasteiger partial charge < -0.3 is 15.2 Å². The molecule has 0 aliphatic carbocycles. The van der Waals surface area contributed by atoms with Crippen LogP contribution in [0.1, 0.15) is 17.4 Å². The fourth-order valence-electron chi connectivity index (χ4n) is 2.35. The van der Waals surface area contributed by atoms with Crippen molar-refractivity contribution in [2.75, 3.05) is 6.54 Å². The largest absolute Gasteiger partial charge is 0.573 e. The Morgan fingerprint density at radius 3 is 2.61 bits per heavy atom. The van der Waals surface area contributed by atoms with Crippen LogP contribution in [-0.2, 0) is 11.2 Å². The number of alkyl halides is 3. The Morgan fingerprint density at radius 2 is 1.96 bits per heavy atom. The summed E-state index contributed by atoms with van der Waals surface area (Å²) in [7, 11) is 0. The number of carbonyl (C=O) groups is 1. The molecular formula is C18H15F3N2O3S2. The highest BCUT2D eigenvalue weighted by atomic mass is 32.1. The molecule has 1 aromatic carbocycles. The van der Waals surface area contributed by atoms with Gasteiger partial charge in [0.15, 0.2) is 0 Å². The number of carbonyl (C=O) groups excluding carboxylic acids is 1. The summed E-state index contributed by atoms with van der Waals surface area (Å²) in [6.45, 7) is -0.0692. The zero-order valence-corrected chi connectivity index (χ0v) is 15.9. The molecule has 0 fully saturated rings. The second kappa shape index (κ2) is 8.72. The molecule has 0 saturated heterocycles. The Labute approximate surface area is 166 Å². The highest BCUT2D eigenvalue weighted by Crippen LogP contribution is 2.28. The number of nitrogens with one attached hydrogen (secondary N) is 1. The molecule has 0 spiro atoms. The number of halogens is 3. The summed E-state index contributed by atoms with van der Waals surface area (Å²) >= 11 is 3.02. The van der Waals surface area contributed by atoms with E-state index < -0.39 is 12.5 Å². The first-order valence-corrected chi connectivity index (χ1v) is 9.85. The minimum absolute atomic E-state index is 0.0692. The number of amides is 1. The second-order valence-corrected chi connectivity index (χ2v) is 7.54. The summed E-state index contributed by atoms with van der Waals surface area (Å²) in [5.74, 6) is -0.684. The van der Waals surface area contributed by atoms with Crippen LogP contribution in [0.15, 0.2) is 47.2 Å². The van der Waals surface area contributed by atoms with Crippen LogP contribution < -0.4 is 10.1 Å².